The van der Waals surface area contributed by atoms with E-state index in [1.165, 1.54) is 23.5 Å². The Hall–Kier alpha value is -2.25. The van der Waals surface area contributed by atoms with Crippen molar-refractivity contribution in [3.8, 4) is 10.6 Å². The Morgan fingerprint density at radius 2 is 1.93 bits per heavy atom. The van der Waals surface area contributed by atoms with E-state index in [2.05, 4.69) is 4.98 Å². The summed E-state index contributed by atoms with van der Waals surface area (Å²) in [6.07, 6.45) is 0.576. The number of carbonyl (C=O) groups is 1. The molecular formula is C21H18F2N2OS2. The topological polar surface area (TPSA) is 33.2 Å². The van der Waals surface area contributed by atoms with Gasteiger partial charge in [-0.05, 0) is 24.6 Å². The van der Waals surface area contributed by atoms with Gasteiger partial charge in [0.15, 0.2) is 0 Å². The third kappa shape index (κ3) is 4.10. The van der Waals surface area contributed by atoms with Crippen molar-refractivity contribution in [3.05, 3.63) is 76.8 Å². The summed E-state index contributed by atoms with van der Waals surface area (Å²) in [5.74, 6) is -0.280. The molecule has 3 aromatic rings. The number of amides is 1. The van der Waals surface area contributed by atoms with Gasteiger partial charge in [-0.1, -0.05) is 30.3 Å². The van der Waals surface area contributed by atoms with Crippen LogP contribution in [0, 0.1) is 11.6 Å². The van der Waals surface area contributed by atoms with Crippen LogP contribution in [0.5, 0.6) is 0 Å². The molecule has 1 aliphatic heterocycles. The molecule has 0 bridgehead atoms. The van der Waals surface area contributed by atoms with Crippen LogP contribution in [0.15, 0.2) is 53.9 Å². The predicted molar refractivity (Wildman–Crippen MR) is 110 cm³/mol. The minimum Gasteiger partial charge on any atom is -0.336 e. The largest absolute Gasteiger partial charge is 0.336 e. The number of nitrogens with zero attached hydrogens (tertiary/aromatic N) is 2. The molecular weight excluding hydrogens is 398 g/mol. The smallest absolute Gasteiger partial charge is 0.273 e. The van der Waals surface area contributed by atoms with Gasteiger partial charge in [0, 0.05) is 40.6 Å². The number of rotatable bonds is 3. The standard InChI is InChI=1S/C21H18F2N2OS2/c22-15-6-7-17(23)16(12-15)19-8-9-25(10-11-27-19)21(26)18-13-28-20(24-18)14-4-2-1-3-5-14/h1-7,12-13,19H,8-11H2/t19-/m0/s1. The maximum atomic E-state index is 14.1. The highest BCUT2D eigenvalue weighted by Gasteiger charge is 2.26. The van der Waals surface area contributed by atoms with Crippen LogP contribution < -0.4 is 0 Å². The zero-order chi connectivity index (χ0) is 19.5. The SMILES string of the molecule is O=C(c1csc(-c2ccccc2)n1)N1CCS[C@H](c2cc(F)ccc2F)CC1. The first-order valence-corrected chi connectivity index (χ1v) is 10.9. The molecule has 2 aromatic carbocycles. The Morgan fingerprint density at radius 1 is 1.11 bits per heavy atom. The molecule has 0 unspecified atom stereocenters. The second-order valence-electron chi connectivity index (χ2n) is 6.51. The fourth-order valence-electron chi connectivity index (χ4n) is 3.23. The second-order valence-corrected chi connectivity index (χ2v) is 8.68. The summed E-state index contributed by atoms with van der Waals surface area (Å²) in [5.41, 5.74) is 1.79. The summed E-state index contributed by atoms with van der Waals surface area (Å²) in [5, 5.41) is 2.43. The molecule has 1 aromatic heterocycles. The highest BCUT2D eigenvalue weighted by atomic mass is 32.2. The van der Waals surface area contributed by atoms with Gasteiger partial charge in [-0.2, -0.15) is 11.8 Å². The number of hydrogen-bond donors (Lipinski definition) is 0. The van der Waals surface area contributed by atoms with Gasteiger partial charge in [-0.15, -0.1) is 11.3 Å². The minimum absolute atomic E-state index is 0.112. The van der Waals surface area contributed by atoms with Crippen LogP contribution in [0.25, 0.3) is 10.6 Å². The number of carbonyl (C=O) groups excluding carboxylic acids is 1. The van der Waals surface area contributed by atoms with Gasteiger partial charge in [-0.25, -0.2) is 13.8 Å². The number of thioether (sulfide) groups is 1. The highest BCUT2D eigenvalue weighted by Crippen LogP contribution is 2.36. The van der Waals surface area contributed by atoms with E-state index in [0.717, 1.165) is 16.6 Å². The molecule has 0 aliphatic carbocycles. The quantitative estimate of drug-likeness (QED) is 0.572. The van der Waals surface area contributed by atoms with Crippen molar-refractivity contribution in [1.82, 2.24) is 9.88 Å². The van der Waals surface area contributed by atoms with Crippen molar-refractivity contribution in [1.29, 1.82) is 0 Å². The number of aromatic nitrogens is 1. The Bertz CT molecular complexity index is 978. The summed E-state index contributed by atoms with van der Waals surface area (Å²) in [7, 11) is 0. The summed E-state index contributed by atoms with van der Waals surface area (Å²) >= 11 is 3.01. The minimum atomic E-state index is -0.440. The zero-order valence-electron chi connectivity index (χ0n) is 15.0. The van der Waals surface area contributed by atoms with E-state index < -0.39 is 11.6 Å². The Kier molecular flexibility index (Phi) is 5.73. The van der Waals surface area contributed by atoms with Crippen LogP contribution >= 0.6 is 23.1 Å². The van der Waals surface area contributed by atoms with E-state index >= 15 is 0 Å². The van der Waals surface area contributed by atoms with Gasteiger partial charge in [0.25, 0.3) is 5.91 Å². The average Bonchev–Trinajstić information content (AvgIpc) is 3.08. The van der Waals surface area contributed by atoms with Gasteiger partial charge in [0.2, 0.25) is 0 Å². The predicted octanol–water partition coefficient (Wildman–Crippen LogP) is 5.41. The average molecular weight is 417 g/mol. The van der Waals surface area contributed by atoms with Crippen molar-refractivity contribution in [3.63, 3.8) is 0 Å². The van der Waals surface area contributed by atoms with Crippen molar-refractivity contribution in [2.75, 3.05) is 18.8 Å². The van der Waals surface area contributed by atoms with E-state index in [0.29, 0.717) is 36.5 Å². The highest BCUT2D eigenvalue weighted by molar-refractivity contribution is 7.99. The number of benzene rings is 2. The third-order valence-corrected chi connectivity index (χ3v) is 6.88. The van der Waals surface area contributed by atoms with Crippen molar-refractivity contribution >= 4 is 29.0 Å². The van der Waals surface area contributed by atoms with Gasteiger partial charge in [0.1, 0.15) is 22.3 Å². The van der Waals surface area contributed by atoms with Crippen molar-refractivity contribution < 1.29 is 13.6 Å². The molecule has 1 aliphatic rings. The van der Waals surface area contributed by atoms with Crippen LogP contribution in [0.4, 0.5) is 8.78 Å². The third-order valence-electron chi connectivity index (χ3n) is 4.68. The van der Waals surface area contributed by atoms with E-state index in [4.69, 9.17) is 0 Å². The van der Waals surface area contributed by atoms with E-state index in [1.807, 2.05) is 30.3 Å². The molecule has 1 amide bonds. The van der Waals surface area contributed by atoms with Crippen LogP contribution in [0.2, 0.25) is 0 Å². The molecule has 1 atom stereocenters. The summed E-state index contributed by atoms with van der Waals surface area (Å²) in [6, 6.07) is 13.3. The van der Waals surface area contributed by atoms with Gasteiger partial charge >= 0.3 is 0 Å². The fourth-order valence-corrected chi connectivity index (χ4v) is 5.27. The summed E-state index contributed by atoms with van der Waals surface area (Å²) < 4.78 is 27.6. The van der Waals surface area contributed by atoms with E-state index in [9.17, 15) is 13.6 Å². The maximum absolute atomic E-state index is 14.1. The van der Waals surface area contributed by atoms with Crippen LogP contribution in [-0.4, -0.2) is 34.6 Å². The second kappa shape index (κ2) is 8.41. The Labute approximate surface area is 170 Å². The molecule has 3 nitrogen and oxygen atoms in total. The lowest BCUT2D eigenvalue weighted by Gasteiger charge is -2.19. The van der Waals surface area contributed by atoms with E-state index in [-0.39, 0.29) is 11.2 Å². The molecule has 4 rings (SSSR count). The molecule has 0 N–H and O–H groups in total. The molecule has 144 valence electrons. The molecule has 28 heavy (non-hydrogen) atoms. The van der Waals surface area contributed by atoms with Crippen molar-refractivity contribution in [2.45, 2.75) is 11.7 Å². The van der Waals surface area contributed by atoms with Gasteiger partial charge < -0.3 is 4.90 Å². The lowest BCUT2D eigenvalue weighted by molar-refractivity contribution is 0.0761. The first-order chi connectivity index (χ1) is 13.6. The lowest BCUT2D eigenvalue weighted by Crippen LogP contribution is -2.33. The lowest BCUT2D eigenvalue weighted by atomic mass is 10.1. The van der Waals surface area contributed by atoms with Gasteiger partial charge in [-0.3, -0.25) is 4.79 Å². The number of thiazole rings is 1. The molecule has 7 heteroatoms. The Balaban J connectivity index is 1.46. The van der Waals surface area contributed by atoms with Gasteiger partial charge in [0.05, 0.1) is 0 Å². The normalized spacial score (nSPS) is 17.4. The molecule has 0 radical (unpaired) electrons. The monoisotopic (exact) mass is 416 g/mol. The maximum Gasteiger partial charge on any atom is 0.273 e. The fraction of sp³-hybridized carbons (Fsp3) is 0.238. The van der Waals surface area contributed by atoms with E-state index in [1.54, 1.807) is 22.0 Å². The number of halogens is 2. The summed E-state index contributed by atoms with van der Waals surface area (Å²) in [6.45, 7) is 1.06. The van der Waals surface area contributed by atoms with Crippen molar-refractivity contribution in [2.24, 2.45) is 0 Å². The molecule has 0 saturated carbocycles. The molecule has 1 saturated heterocycles. The molecule has 2 heterocycles. The zero-order valence-corrected chi connectivity index (χ0v) is 16.6. The molecule has 0 spiro atoms. The molecule has 1 fully saturated rings. The van der Waals surface area contributed by atoms with Crippen LogP contribution in [0.3, 0.4) is 0 Å². The van der Waals surface area contributed by atoms with Crippen LogP contribution in [0.1, 0.15) is 27.7 Å². The van der Waals surface area contributed by atoms with Crippen LogP contribution in [-0.2, 0) is 0 Å². The Morgan fingerprint density at radius 3 is 2.75 bits per heavy atom. The first-order valence-electron chi connectivity index (χ1n) is 8.98. The summed E-state index contributed by atoms with van der Waals surface area (Å²) in [4.78, 5) is 19.1. The first kappa shape index (κ1) is 19.1. The number of hydrogen-bond acceptors (Lipinski definition) is 4.